The van der Waals surface area contributed by atoms with Crippen LogP contribution in [0.1, 0.15) is 29.7 Å². The third kappa shape index (κ3) is 4.27. The molecule has 0 aromatic heterocycles. The van der Waals surface area contributed by atoms with E-state index in [1.54, 1.807) is 36.4 Å². The van der Waals surface area contributed by atoms with E-state index in [1.807, 2.05) is 69.2 Å². The third-order valence-electron chi connectivity index (χ3n) is 5.92. The van der Waals surface area contributed by atoms with E-state index in [0.29, 0.717) is 23.6 Å². The van der Waals surface area contributed by atoms with Crippen LogP contribution in [0.3, 0.4) is 0 Å². The van der Waals surface area contributed by atoms with E-state index in [9.17, 15) is 14.7 Å². The van der Waals surface area contributed by atoms with Crippen molar-refractivity contribution in [2.45, 2.75) is 19.9 Å². The first kappa shape index (κ1) is 23.1. The highest BCUT2D eigenvalue weighted by Crippen LogP contribution is 2.42. The first-order chi connectivity index (χ1) is 16.3. The number of aliphatic hydroxyl groups is 1. The van der Waals surface area contributed by atoms with E-state index in [0.717, 1.165) is 16.8 Å². The van der Waals surface area contributed by atoms with Gasteiger partial charge in [0.15, 0.2) is 0 Å². The second-order valence-electron chi connectivity index (χ2n) is 8.45. The SMILES string of the molecule is CCOc1ccc(N2C(=O)C(=O)/C(=C(\O)c3ccc(C)cc3)C2c2ccc(N(C)C)cc2)cc1. The number of ether oxygens (including phenoxy) is 1. The number of aliphatic hydroxyl groups excluding tert-OH is 1. The summed E-state index contributed by atoms with van der Waals surface area (Å²) in [5, 5.41) is 11.2. The molecule has 1 aliphatic heterocycles. The smallest absolute Gasteiger partial charge is 0.300 e. The summed E-state index contributed by atoms with van der Waals surface area (Å²) in [6.07, 6.45) is 0. The largest absolute Gasteiger partial charge is 0.507 e. The Balaban J connectivity index is 1.87. The summed E-state index contributed by atoms with van der Waals surface area (Å²) >= 11 is 0. The quantitative estimate of drug-likeness (QED) is 0.318. The molecule has 1 saturated heterocycles. The van der Waals surface area contributed by atoms with Crippen molar-refractivity contribution in [1.82, 2.24) is 0 Å². The van der Waals surface area contributed by atoms with Crippen LogP contribution in [0.25, 0.3) is 5.76 Å². The zero-order valence-electron chi connectivity index (χ0n) is 19.8. The number of rotatable bonds is 6. The minimum absolute atomic E-state index is 0.0698. The van der Waals surface area contributed by atoms with Crippen molar-refractivity contribution >= 4 is 28.8 Å². The number of hydrogen-bond acceptors (Lipinski definition) is 5. The van der Waals surface area contributed by atoms with Crippen LogP contribution in [-0.4, -0.2) is 37.5 Å². The van der Waals surface area contributed by atoms with E-state index in [4.69, 9.17) is 4.74 Å². The Kier molecular flexibility index (Phi) is 6.41. The summed E-state index contributed by atoms with van der Waals surface area (Å²) in [6, 6.07) is 21.1. The number of ketones is 1. The number of Topliss-reactive ketones (excluding diaryl/α,β-unsaturated/α-hetero) is 1. The van der Waals surface area contributed by atoms with Crippen molar-refractivity contribution in [2.75, 3.05) is 30.5 Å². The van der Waals surface area contributed by atoms with Crippen molar-refractivity contribution < 1.29 is 19.4 Å². The Bertz CT molecular complexity index is 1230. The number of amides is 1. The molecule has 6 nitrogen and oxygen atoms in total. The Hall–Kier alpha value is -4.06. The fraction of sp³-hybridized carbons (Fsp3) is 0.214. The number of carbonyl (C=O) groups excluding carboxylic acids is 2. The molecule has 34 heavy (non-hydrogen) atoms. The maximum Gasteiger partial charge on any atom is 0.300 e. The van der Waals surface area contributed by atoms with Gasteiger partial charge >= 0.3 is 0 Å². The number of benzene rings is 3. The summed E-state index contributed by atoms with van der Waals surface area (Å²) in [5.41, 5.74) is 3.86. The predicted molar refractivity (Wildman–Crippen MR) is 134 cm³/mol. The van der Waals surface area contributed by atoms with E-state index < -0.39 is 17.7 Å². The Labute approximate surface area is 199 Å². The molecular formula is C28H28N2O4. The molecule has 0 aliphatic carbocycles. The number of anilines is 2. The highest BCUT2D eigenvalue weighted by molar-refractivity contribution is 6.51. The van der Waals surface area contributed by atoms with Crippen molar-refractivity contribution in [3.05, 3.63) is 95.1 Å². The number of hydrogen-bond donors (Lipinski definition) is 1. The molecule has 6 heteroatoms. The maximum absolute atomic E-state index is 13.3. The summed E-state index contributed by atoms with van der Waals surface area (Å²) in [7, 11) is 3.89. The lowest BCUT2D eigenvalue weighted by atomic mass is 9.94. The molecule has 1 fully saturated rings. The number of nitrogens with zero attached hydrogens (tertiary/aromatic N) is 2. The van der Waals surface area contributed by atoms with Gasteiger partial charge in [0.05, 0.1) is 18.2 Å². The molecule has 1 aliphatic rings. The lowest BCUT2D eigenvalue weighted by Crippen LogP contribution is -2.29. The van der Waals surface area contributed by atoms with Gasteiger partial charge in [-0.1, -0.05) is 42.0 Å². The average molecular weight is 457 g/mol. The summed E-state index contributed by atoms with van der Waals surface area (Å²) in [5.74, 6) is -0.906. The van der Waals surface area contributed by atoms with E-state index in [1.165, 1.54) is 4.90 Å². The molecule has 0 bridgehead atoms. The van der Waals surface area contributed by atoms with Gasteiger partial charge in [0, 0.05) is 31.0 Å². The number of carbonyl (C=O) groups is 2. The van der Waals surface area contributed by atoms with Crippen LogP contribution in [0.4, 0.5) is 11.4 Å². The third-order valence-corrected chi connectivity index (χ3v) is 5.92. The summed E-state index contributed by atoms with van der Waals surface area (Å²) in [6.45, 7) is 4.37. The Morgan fingerprint density at radius 2 is 1.56 bits per heavy atom. The highest BCUT2D eigenvalue weighted by atomic mass is 16.5. The first-order valence-electron chi connectivity index (χ1n) is 11.2. The van der Waals surface area contributed by atoms with Crippen molar-refractivity contribution in [3.8, 4) is 5.75 Å². The van der Waals surface area contributed by atoms with Crippen LogP contribution in [-0.2, 0) is 9.59 Å². The molecule has 0 saturated carbocycles. The molecule has 3 aromatic rings. The molecule has 1 atom stereocenters. The molecule has 0 radical (unpaired) electrons. The highest BCUT2D eigenvalue weighted by Gasteiger charge is 2.47. The maximum atomic E-state index is 13.3. The van der Waals surface area contributed by atoms with Crippen LogP contribution >= 0.6 is 0 Å². The molecule has 1 heterocycles. The summed E-state index contributed by atoms with van der Waals surface area (Å²) < 4.78 is 5.52. The second kappa shape index (κ2) is 9.43. The van der Waals surface area contributed by atoms with E-state index in [-0.39, 0.29) is 11.3 Å². The van der Waals surface area contributed by atoms with Crippen LogP contribution in [0, 0.1) is 6.92 Å². The molecular weight excluding hydrogens is 428 g/mol. The lowest BCUT2D eigenvalue weighted by Gasteiger charge is -2.26. The van der Waals surface area contributed by atoms with Crippen molar-refractivity contribution in [2.24, 2.45) is 0 Å². The molecule has 0 spiro atoms. The molecule has 1 N–H and O–H groups in total. The van der Waals surface area contributed by atoms with Gasteiger partial charge < -0.3 is 14.7 Å². The summed E-state index contributed by atoms with van der Waals surface area (Å²) in [4.78, 5) is 29.9. The lowest BCUT2D eigenvalue weighted by molar-refractivity contribution is -0.132. The van der Waals surface area contributed by atoms with Crippen LogP contribution in [0.15, 0.2) is 78.4 Å². The molecule has 3 aromatic carbocycles. The molecule has 1 unspecified atom stereocenters. The predicted octanol–water partition coefficient (Wildman–Crippen LogP) is 5.09. The molecule has 1 amide bonds. The monoisotopic (exact) mass is 456 g/mol. The zero-order chi connectivity index (χ0) is 24.4. The fourth-order valence-electron chi connectivity index (χ4n) is 4.11. The van der Waals surface area contributed by atoms with Crippen LogP contribution in [0.5, 0.6) is 5.75 Å². The van der Waals surface area contributed by atoms with Crippen molar-refractivity contribution in [3.63, 3.8) is 0 Å². The normalized spacial score (nSPS) is 17.2. The van der Waals surface area contributed by atoms with Gasteiger partial charge in [-0.05, 0) is 55.8 Å². The number of aryl methyl sites for hydroxylation is 1. The van der Waals surface area contributed by atoms with Gasteiger partial charge in [0.2, 0.25) is 0 Å². The molecule has 174 valence electrons. The first-order valence-corrected chi connectivity index (χ1v) is 11.2. The van der Waals surface area contributed by atoms with E-state index >= 15 is 0 Å². The van der Waals surface area contributed by atoms with Gasteiger partial charge in [-0.3, -0.25) is 14.5 Å². The fourth-order valence-corrected chi connectivity index (χ4v) is 4.11. The van der Waals surface area contributed by atoms with Crippen LogP contribution in [0.2, 0.25) is 0 Å². The Morgan fingerprint density at radius 1 is 0.941 bits per heavy atom. The van der Waals surface area contributed by atoms with Gasteiger partial charge in [-0.15, -0.1) is 0 Å². The zero-order valence-corrected chi connectivity index (χ0v) is 19.8. The minimum Gasteiger partial charge on any atom is -0.507 e. The van der Waals surface area contributed by atoms with Gasteiger partial charge in [-0.2, -0.15) is 0 Å². The van der Waals surface area contributed by atoms with Crippen molar-refractivity contribution in [1.29, 1.82) is 0 Å². The molecule has 4 rings (SSSR count). The minimum atomic E-state index is -0.768. The van der Waals surface area contributed by atoms with Crippen LogP contribution < -0.4 is 14.5 Å². The Morgan fingerprint density at radius 3 is 2.12 bits per heavy atom. The van der Waals surface area contributed by atoms with Gasteiger partial charge in [0.25, 0.3) is 11.7 Å². The topological polar surface area (TPSA) is 70.1 Å². The van der Waals surface area contributed by atoms with Gasteiger partial charge in [-0.25, -0.2) is 0 Å². The second-order valence-corrected chi connectivity index (χ2v) is 8.45. The average Bonchev–Trinajstić information content (AvgIpc) is 3.10. The van der Waals surface area contributed by atoms with E-state index in [2.05, 4.69) is 0 Å². The standard InChI is InChI=1S/C28H28N2O4/c1-5-34-23-16-14-22(15-17-23)30-25(19-10-12-21(13-11-19)29(3)4)24(27(32)28(30)33)26(31)20-8-6-18(2)7-9-20/h6-17,25,31H,5H2,1-4H3/b26-24-. The van der Waals surface area contributed by atoms with Gasteiger partial charge in [0.1, 0.15) is 11.5 Å².